The Kier molecular flexibility index (Phi) is 3.95. The molecule has 2 aromatic carbocycles. The van der Waals surface area contributed by atoms with Gasteiger partial charge in [0.15, 0.2) is 5.78 Å². The summed E-state index contributed by atoms with van der Waals surface area (Å²) in [5.74, 6) is -1.70. The van der Waals surface area contributed by atoms with Gasteiger partial charge in [0.2, 0.25) is 0 Å². The first-order valence-electron chi connectivity index (χ1n) is 5.37. The van der Waals surface area contributed by atoms with E-state index in [1.807, 2.05) is 0 Å². The van der Waals surface area contributed by atoms with Crippen molar-refractivity contribution in [3.05, 3.63) is 63.6 Å². The van der Waals surface area contributed by atoms with Crippen LogP contribution < -0.4 is 4.74 Å². The number of methoxy groups -OCH3 is 1. The molecule has 0 amide bonds. The third-order valence-electron chi connectivity index (χ3n) is 2.60. The Labute approximate surface area is 117 Å². The highest BCUT2D eigenvalue weighted by atomic mass is 79.9. The number of rotatable bonds is 3. The van der Waals surface area contributed by atoms with Crippen LogP contribution in [0.4, 0.5) is 8.78 Å². The monoisotopic (exact) mass is 326 g/mol. The lowest BCUT2D eigenvalue weighted by Crippen LogP contribution is -2.07. The molecule has 0 atom stereocenters. The number of carbonyl (C=O) groups excluding carboxylic acids is 1. The van der Waals surface area contributed by atoms with Crippen LogP contribution in [-0.2, 0) is 0 Å². The highest BCUT2D eigenvalue weighted by molar-refractivity contribution is 9.10. The van der Waals surface area contributed by atoms with Gasteiger partial charge in [0.05, 0.1) is 22.7 Å². The Morgan fingerprint density at radius 2 is 1.89 bits per heavy atom. The van der Waals surface area contributed by atoms with Gasteiger partial charge >= 0.3 is 0 Å². The van der Waals surface area contributed by atoms with Crippen LogP contribution in [0.15, 0.2) is 40.9 Å². The molecule has 0 fully saturated rings. The maximum Gasteiger partial charge on any atom is 0.199 e. The summed E-state index contributed by atoms with van der Waals surface area (Å²) in [7, 11) is 1.36. The van der Waals surface area contributed by atoms with Crippen molar-refractivity contribution in [2.75, 3.05) is 7.11 Å². The van der Waals surface area contributed by atoms with Crippen molar-refractivity contribution in [3.63, 3.8) is 0 Å². The van der Waals surface area contributed by atoms with Crippen LogP contribution in [0, 0.1) is 11.6 Å². The van der Waals surface area contributed by atoms with Crippen LogP contribution in [-0.4, -0.2) is 12.9 Å². The molecule has 2 rings (SSSR count). The van der Waals surface area contributed by atoms with Gasteiger partial charge in [-0.3, -0.25) is 4.79 Å². The summed E-state index contributed by atoms with van der Waals surface area (Å²) in [5.41, 5.74) is -0.155. The van der Waals surface area contributed by atoms with Crippen LogP contribution in [0.3, 0.4) is 0 Å². The third kappa shape index (κ3) is 2.66. The van der Waals surface area contributed by atoms with Crippen molar-refractivity contribution in [1.82, 2.24) is 0 Å². The largest absolute Gasteiger partial charge is 0.496 e. The quantitative estimate of drug-likeness (QED) is 0.798. The molecule has 0 heterocycles. The smallest absolute Gasteiger partial charge is 0.199 e. The van der Waals surface area contributed by atoms with E-state index >= 15 is 0 Å². The zero-order chi connectivity index (χ0) is 14.0. The van der Waals surface area contributed by atoms with Crippen molar-refractivity contribution in [3.8, 4) is 5.75 Å². The molecule has 0 radical (unpaired) electrons. The summed E-state index contributed by atoms with van der Waals surface area (Å²) in [5, 5.41) is 0. The molecule has 0 aliphatic carbocycles. The molecule has 0 unspecified atom stereocenters. The van der Waals surface area contributed by atoms with Gasteiger partial charge in [0, 0.05) is 0 Å². The Morgan fingerprint density at radius 1 is 1.16 bits per heavy atom. The van der Waals surface area contributed by atoms with Crippen molar-refractivity contribution in [2.24, 2.45) is 0 Å². The van der Waals surface area contributed by atoms with Crippen molar-refractivity contribution in [1.29, 1.82) is 0 Å². The molecule has 0 bridgehead atoms. The first-order valence-corrected chi connectivity index (χ1v) is 6.16. The van der Waals surface area contributed by atoms with Crippen molar-refractivity contribution >= 4 is 21.7 Å². The molecule has 0 aliphatic rings. The zero-order valence-electron chi connectivity index (χ0n) is 9.91. The normalized spacial score (nSPS) is 10.3. The van der Waals surface area contributed by atoms with E-state index in [-0.39, 0.29) is 21.3 Å². The SMILES string of the molecule is COc1ccc(F)cc1C(=O)c1cccc(Br)c1F. The van der Waals surface area contributed by atoms with Gasteiger partial charge in [-0.25, -0.2) is 8.78 Å². The number of halogens is 3. The minimum Gasteiger partial charge on any atom is -0.496 e. The second kappa shape index (κ2) is 5.48. The number of hydrogen-bond donors (Lipinski definition) is 0. The number of hydrogen-bond acceptors (Lipinski definition) is 2. The van der Waals surface area contributed by atoms with Gasteiger partial charge in [-0.05, 0) is 46.3 Å². The highest BCUT2D eigenvalue weighted by Gasteiger charge is 2.19. The molecule has 98 valence electrons. The lowest BCUT2D eigenvalue weighted by Gasteiger charge is -2.09. The number of carbonyl (C=O) groups is 1. The average molecular weight is 327 g/mol. The molecule has 0 spiro atoms. The summed E-state index contributed by atoms with van der Waals surface area (Å²) in [6.07, 6.45) is 0. The Balaban J connectivity index is 2.56. The molecule has 0 saturated carbocycles. The standard InChI is InChI=1S/C14H9BrF2O2/c1-19-12-6-5-8(16)7-10(12)14(18)9-3-2-4-11(15)13(9)17/h2-7H,1H3. The molecule has 0 saturated heterocycles. The second-order valence-corrected chi connectivity index (χ2v) is 4.63. The van der Waals surface area contributed by atoms with E-state index in [4.69, 9.17) is 4.74 Å². The first kappa shape index (κ1) is 13.7. The van der Waals surface area contributed by atoms with Crippen LogP contribution in [0.5, 0.6) is 5.75 Å². The molecule has 5 heteroatoms. The van der Waals surface area contributed by atoms with Gasteiger partial charge in [-0.2, -0.15) is 0 Å². The van der Waals surface area contributed by atoms with E-state index in [2.05, 4.69) is 15.9 Å². The molecule has 2 nitrogen and oxygen atoms in total. The first-order chi connectivity index (χ1) is 9.04. The third-order valence-corrected chi connectivity index (χ3v) is 3.21. The molecule has 0 aliphatic heterocycles. The van der Waals surface area contributed by atoms with Gasteiger partial charge in [-0.1, -0.05) is 6.07 Å². The minimum atomic E-state index is -0.682. The number of ether oxygens (including phenoxy) is 1. The number of benzene rings is 2. The van der Waals surface area contributed by atoms with Crippen LogP contribution in [0.1, 0.15) is 15.9 Å². The topological polar surface area (TPSA) is 26.3 Å². The van der Waals surface area contributed by atoms with Gasteiger partial charge in [-0.15, -0.1) is 0 Å². The summed E-state index contributed by atoms with van der Waals surface area (Å²) in [6.45, 7) is 0. The fourth-order valence-corrected chi connectivity index (χ4v) is 2.05. The van der Waals surface area contributed by atoms with E-state index in [0.29, 0.717) is 0 Å². The Morgan fingerprint density at radius 3 is 2.58 bits per heavy atom. The van der Waals surface area contributed by atoms with Gasteiger partial charge < -0.3 is 4.74 Å². The highest BCUT2D eigenvalue weighted by Crippen LogP contribution is 2.26. The van der Waals surface area contributed by atoms with Crippen molar-refractivity contribution in [2.45, 2.75) is 0 Å². The Bertz CT molecular complexity index is 641. The van der Waals surface area contributed by atoms with Crippen molar-refractivity contribution < 1.29 is 18.3 Å². The molecule has 0 aromatic heterocycles. The van der Waals surface area contributed by atoms with Crippen LogP contribution in [0.2, 0.25) is 0 Å². The zero-order valence-corrected chi connectivity index (χ0v) is 11.5. The lowest BCUT2D eigenvalue weighted by atomic mass is 10.0. The fourth-order valence-electron chi connectivity index (χ4n) is 1.68. The van der Waals surface area contributed by atoms with Crippen LogP contribution in [0.25, 0.3) is 0 Å². The molecular weight excluding hydrogens is 318 g/mol. The predicted molar refractivity (Wildman–Crippen MR) is 70.5 cm³/mol. The molecule has 0 N–H and O–H groups in total. The van der Waals surface area contributed by atoms with Crippen LogP contribution >= 0.6 is 15.9 Å². The van der Waals surface area contributed by atoms with E-state index < -0.39 is 17.4 Å². The summed E-state index contributed by atoms with van der Waals surface area (Å²) in [4.78, 5) is 12.2. The summed E-state index contributed by atoms with van der Waals surface area (Å²) >= 11 is 3.00. The second-order valence-electron chi connectivity index (χ2n) is 3.78. The van der Waals surface area contributed by atoms with E-state index in [1.54, 1.807) is 0 Å². The molecule has 2 aromatic rings. The van der Waals surface area contributed by atoms with E-state index in [0.717, 1.165) is 6.07 Å². The lowest BCUT2D eigenvalue weighted by molar-refractivity contribution is 0.103. The summed E-state index contributed by atoms with van der Waals surface area (Å²) < 4.78 is 32.3. The molecule has 19 heavy (non-hydrogen) atoms. The maximum atomic E-state index is 13.9. The van der Waals surface area contributed by atoms with Gasteiger partial charge in [0.1, 0.15) is 17.4 Å². The predicted octanol–water partition coefficient (Wildman–Crippen LogP) is 3.97. The fraction of sp³-hybridized carbons (Fsp3) is 0.0714. The van der Waals surface area contributed by atoms with E-state index in [1.165, 1.54) is 37.4 Å². The average Bonchev–Trinajstić information content (AvgIpc) is 2.41. The molecular formula is C14H9BrF2O2. The van der Waals surface area contributed by atoms with E-state index in [9.17, 15) is 13.6 Å². The maximum absolute atomic E-state index is 13.9. The summed E-state index contributed by atoms with van der Waals surface area (Å²) in [6, 6.07) is 7.89. The minimum absolute atomic E-state index is 0.0144. The van der Waals surface area contributed by atoms with Gasteiger partial charge in [0.25, 0.3) is 0 Å². The Hall–Kier alpha value is -1.75. The number of ketones is 1.